The normalized spacial score (nSPS) is 14.2. The van der Waals surface area contributed by atoms with Crippen molar-refractivity contribution in [3.63, 3.8) is 0 Å². The highest BCUT2D eigenvalue weighted by Gasteiger charge is 2.22. The molecule has 2 aromatic rings. The first kappa shape index (κ1) is 13.9. The first-order valence-electron chi connectivity index (χ1n) is 7.27. The number of anilines is 3. The van der Waals surface area contributed by atoms with Crippen molar-refractivity contribution in [3.05, 3.63) is 53.8 Å². The zero-order chi connectivity index (χ0) is 14.8. The second-order valence-corrected chi connectivity index (χ2v) is 5.37. The molecular formula is C17H20FN3. The maximum atomic E-state index is 13.5. The Morgan fingerprint density at radius 2 is 1.81 bits per heavy atom. The molecule has 2 aromatic carbocycles. The summed E-state index contributed by atoms with van der Waals surface area (Å²) in [5.74, 6) is -0.204. The van der Waals surface area contributed by atoms with Gasteiger partial charge in [-0.3, -0.25) is 0 Å². The smallest absolute Gasteiger partial charge is 0.123 e. The highest BCUT2D eigenvalue weighted by molar-refractivity contribution is 5.80. The summed E-state index contributed by atoms with van der Waals surface area (Å²) in [7, 11) is 2.10. The van der Waals surface area contributed by atoms with Gasteiger partial charge in [0, 0.05) is 25.8 Å². The summed E-state index contributed by atoms with van der Waals surface area (Å²) in [5.41, 5.74) is 10.1. The standard InChI is InChI=1S/C17H20FN3/c1-20-10-11-21(17-5-3-2-4-16(17)20)15-7-6-14(18)12-13(15)8-9-19/h2-7,12H,8-11,19H2,1H3. The lowest BCUT2D eigenvalue weighted by Gasteiger charge is -2.38. The first-order chi connectivity index (χ1) is 10.2. The Morgan fingerprint density at radius 1 is 1.05 bits per heavy atom. The topological polar surface area (TPSA) is 32.5 Å². The van der Waals surface area contributed by atoms with Crippen LogP contribution in [0.4, 0.5) is 21.5 Å². The van der Waals surface area contributed by atoms with Gasteiger partial charge in [-0.1, -0.05) is 12.1 Å². The third-order valence-corrected chi connectivity index (χ3v) is 3.99. The van der Waals surface area contributed by atoms with Crippen LogP contribution in [0.15, 0.2) is 42.5 Å². The summed E-state index contributed by atoms with van der Waals surface area (Å²) < 4.78 is 13.5. The molecule has 110 valence electrons. The van der Waals surface area contributed by atoms with E-state index < -0.39 is 0 Å². The maximum Gasteiger partial charge on any atom is 0.123 e. The van der Waals surface area contributed by atoms with Crippen molar-refractivity contribution in [2.75, 3.05) is 36.5 Å². The lowest BCUT2D eigenvalue weighted by atomic mass is 10.1. The molecule has 0 unspecified atom stereocenters. The Morgan fingerprint density at radius 3 is 2.57 bits per heavy atom. The summed E-state index contributed by atoms with van der Waals surface area (Å²) in [6.07, 6.45) is 0.682. The van der Waals surface area contributed by atoms with Gasteiger partial charge >= 0.3 is 0 Å². The lowest BCUT2D eigenvalue weighted by Crippen LogP contribution is -2.36. The number of benzene rings is 2. The van der Waals surface area contributed by atoms with Gasteiger partial charge in [-0.05, 0) is 48.9 Å². The molecule has 21 heavy (non-hydrogen) atoms. The van der Waals surface area contributed by atoms with Crippen LogP contribution in [0.25, 0.3) is 0 Å². The van der Waals surface area contributed by atoms with Crippen LogP contribution in [0.5, 0.6) is 0 Å². The second kappa shape index (κ2) is 5.74. The molecule has 0 saturated heterocycles. The predicted octanol–water partition coefficient (Wildman–Crippen LogP) is 2.91. The van der Waals surface area contributed by atoms with Gasteiger partial charge in [0.2, 0.25) is 0 Å². The molecule has 0 atom stereocenters. The van der Waals surface area contributed by atoms with Crippen molar-refractivity contribution in [2.45, 2.75) is 6.42 Å². The number of rotatable bonds is 3. The summed E-state index contributed by atoms with van der Waals surface area (Å²) in [6, 6.07) is 13.3. The van der Waals surface area contributed by atoms with Crippen LogP contribution >= 0.6 is 0 Å². The monoisotopic (exact) mass is 285 g/mol. The van der Waals surface area contributed by atoms with E-state index in [0.29, 0.717) is 13.0 Å². The van der Waals surface area contributed by atoms with Crippen molar-refractivity contribution in [1.82, 2.24) is 0 Å². The van der Waals surface area contributed by atoms with Crippen LogP contribution in [0.3, 0.4) is 0 Å². The van der Waals surface area contributed by atoms with Crippen molar-refractivity contribution < 1.29 is 4.39 Å². The van der Waals surface area contributed by atoms with E-state index in [1.165, 1.54) is 11.8 Å². The molecule has 1 aliphatic rings. The molecule has 2 N–H and O–H groups in total. The molecule has 1 heterocycles. The van der Waals surface area contributed by atoms with Gasteiger partial charge in [0.25, 0.3) is 0 Å². The number of nitrogens with two attached hydrogens (primary N) is 1. The third-order valence-electron chi connectivity index (χ3n) is 3.99. The van der Waals surface area contributed by atoms with Gasteiger partial charge in [-0.2, -0.15) is 0 Å². The van der Waals surface area contributed by atoms with E-state index in [-0.39, 0.29) is 5.82 Å². The van der Waals surface area contributed by atoms with Crippen LogP contribution in [-0.2, 0) is 6.42 Å². The number of likely N-dealkylation sites (N-methyl/N-ethyl adjacent to an activating group) is 1. The average molecular weight is 285 g/mol. The minimum absolute atomic E-state index is 0.204. The molecule has 0 aliphatic carbocycles. The Bertz CT molecular complexity index is 642. The van der Waals surface area contributed by atoms with E-state index in [0.717, 1.165) is 30.0 Å². The maximum absolute atomic E-state index is 13.5. The highest BCUT2D eigenvalue weighted by Crippen LogP contribution is 2.38. The molecule has 3 nitrogen and oxygen atoms in total. The Hall–Kier alpha value is -2.07. The summed E-state index contributed by atoms with van der Waals surface area (Å²) in [6.45, 7) is 2.35. The average Bonchev–Trinajstić information content (AvgIpc) is 2.49. The number of halogens is 1. The van der Waals surface area contributed by atoms with Gasteiger partial charge in [-0.25, -0.2) is 4.39 Å². The molecule has 0 bridgehead atoms. The van der Waals surface area contributed by atoms with Crippen LogP contribution in [-0.4, -0.2) is 26.7 Å². The fraction of sp³-hybridized carbons (Fsp3) is 0.294. The number of hydrogen-bond acceptors (Lipinski definition) is 3. The lowest BCUT2D eigenvalue weighted by molar-refractivity contribution is 0.625. The van der Waals surface area contributed by atoms with Crippen LogP contribution < -0.4 is 15.5 Å². The second-order valence-electron chi connectivity index (χ2n) is 5.37. The summed E-state index contributed by atoms with van der Waals surface area (Å²) >= 11 is 0. The highest BCUT2D eigenvalue weighted by atomic mass is 19.1. The minimum atomic E-state index is -0.204. The van der Waals surface area contributed by atoms with E-state index in [1.807, 2.05) is 18.2 Å². The van der Waals surface area contributed by atoms with Crippen molar-refractivity contribution in [2.24, 2.45) is 5.73 Å². The van der Waals surface area contributed by atoms with Crippen molar-refractivity contribution in [1.29, 1.82) is 0 Å². The largest absolute Gasteiger partial charge is 0.371 e. The van der Waals surface area contributed by atoms with Crippen LogP contribution in [0.1, 0.15) is 5.56 Å². The summed E-state index contributed by atoms with van der Waals surface area (Å²) in [4.78, 5) is 4.51. The SMILES string of the molecule is CN1CCN(c2ccc(F)cc2CCN)c2ccccc21. The molecule has 1 aliphatic heterocycles. The molecular weight excluding hydrogens is 265 g/mol. The Labute approximate surface area is 124 Å². The third kappa shape index (κ3) is 2.59. The fourth-order valence-electron chi connectivity index (χ4n) is 2.93. The molecule has 0 fully saturated rings. The van der Waals surface area contributed by atoms with Crippen LogP contribution in [0.2, 0.25) is 0 Å². The zero-order valence-electron chi connectivity index (χ0n) is 12.2. The van der Waals surface area contributed by atoms with Gasteiger partial charge in [0.15, 0.2) is 0 Å². The molecule has 0 radical (unpaired) electrons. The van der Waals surface area contributed by atoms with Crippen molar-refractivity contribution >= 4 is 17.1 Å². The molecule has 4 heteroatoms. The van der Waals surface area contributed by atoms with Gasteiger partial charge in [0.1, 0.15) is 5.82 Å². The molecule has 0 spiro atoms. The van der Waals surface area contributed by atoms with Gasteiger partial charge in [0.05, 0.1) is 11.4 Å². The Balaban J connectivity index is 2.07. The molecule has 3 rings (SSSR count). The van der Waals surface area contributed by atoms with Gasteiger partial charge < -0.3 is 15.5 Å². The predicted molar refractivity (Wildman–Crippen MR) is 85.9 cm³/mol. The van der Waals surface area contributed by atoms with Crippen molar-refractivity contribution in [3.8, 4) is 0 Å². The quantitative estimate of drug-likeness (QED) is 0.941. The number of para-hydroxylation sites is 2. The van der Waals surface area contributed by atoms with E-state index in [4.69, 9.17) is 5.73 Å². The van der Waals surface area contributed by atoms with Gasteiger partial charge in [-0.15, -0.1) is 0 Å². The molecule has 0 amide bonds. The number of nitrogens with zero attached hydrogens (tertiary/aromatic N) is 2. The molecule has 0 saturated carbocycles. The molecule has 0 aromatic heterocycles. The number of hydrogen-bond donors (Lipinski definition) is 1. The fourth-order valence-corrected chi connectivity index (χ4v) is 2.93. The van der Waals surface area contributed by atoms with E-state index in [9.17, 15) is 4.39 Å². The van der Waals surface area contributed by atoms with E-state index >= 15 is 0 Å². The number of fused-ring (bicyclic) bond motifs is 1. The minimum Gasteiger partial charge on any atom is -0.371 e. The zero-order valence-corrected chi connectivity index (χ0v) is 12.2. The first-order valence-corrected chi connectivity index (χ1v) is 7.27. The summed E-state index contributed by atoms with van der Waals surface area (Å²) in [5, 5.41) is 0. The van der Waals surface area contributed by atoms with E-state index in [2.05, 4.69) is 29.0 Å². The van der Waals surface area contributed by atoms with Crippen LogP contribution in [0, 0.1) is 5.82 Å². The van der Waals surface area contributed by atoms with E-state index in [1.54, 1.807) is 6.07 Å². The Kier molecular flexibility index (Phi) is 3.80.